The smallest absolute Gasteiger partial charge is 0.203 e. The Morgan fingerprint density at radius 3 is 2.79 bits per heavy atom. The van der Waals surface area contributed by atoms with Crippen LogP contribution in [0, 0.1) is 0 Å². The third-order valence-electron chi connectivity index (χ3n) is 5.88. The van der Waals surface area contributed by atoms with Gasteiger partial charge in [-0.05, 0) is 54.1 Å². The Hall–Kier alpha value is -3.25. The molecule has 0 bridgehead atoms. The summed E-state index contributed by atoms with van der Waals surface area (Å²) in [6.45, 7) is 0.903. The van der Waals surface area contributed by atoms with Crippen LogP contribution in [0.25, 0.3) is 11.2 Å². The molecule has 0 saturated heterocycles. The molecule has 29 heavy (non-hydrogen) atoms. The van der Waals surface area contributed by atoms with Crippen LogP contribution in [0.4, 0.5) is 5.82 Å². The van der Waals surface area contributed by atoms with E-state index >= 15 is 0 Å². The van der Waals surface area contributed by atoms with Gasteiger partial charge in [0.05, 0.1) is 0 Å². The van der Waals surface area contributed by atoms with Crippen LogP contribution in [0.15, 0.2) is 60.7 Å². The summed E-state index contributed by atoms with van der Waals surface area (Å²) in [4.78, 5) is 4.30. The Bertz CT molecular complexity index is 1120. The summed E-state index contributed by atoms with van der Waals surface area (Å²) in [5.74, 6) is 0.637. The summed E-state index contributed by atoms with van der Waals surface area (Å²) in [5.41, 5.74) is 12.7. The number of H-pyrrole nitrogens is 1. The molecule has 0 aliphatic heterocycles. The molecule has 2 aromatic heterocycles. The molecule has 1 aliphatic carbocycles. The van der Waals surface area contributed by atoms with E-state index < -0.39 is 0 Å². The van der Waals surface area contributed by atoms with Gasteiger partial charge >= 0.3 is 0 Å². The lowest BCUT2D eigenvalue weighted by Gasteiger charge is -2.21. The number of aromatic amines is 1. The summed E-state index contributed by atoms with van der Waals surface area (Å²) >= 11 is 0. The van der Waals surface area contributed by atoms with Gasteiger partial charge in [-0.25, -0.2) is 4.98 Å². The molecule has 146 valence electrons. The first-order chi connectivity index (χ1) is 14.3. The lowest BCUT2D eigenvalue weighted by Crippen LogP contribution is -2.22. The van der Waals surface area contributed by atoms with E-state index in [1.165, 1.54) is 16.7 Å². The molecule has 1 aliphatic rings. The predicted octanol–water partition coefficient (Wildman–Crippen LogP) is 3.73. The quantitative estimate of drug-likeness (QED) is 0.471. The summed E-state index contributed by atoms with van der Waals surface area (Å²) in [5, 5.41) is 15.0. The molecule has 6 nitrogen and oxygen atoms in total. The number of fused-ring (bicyclic) bond motifs is 2. The maximum absolute atomic E-state index is 6.07. The molecule has 1 unspecified atom stereocenters. The number of aryl methyl sites for hydroxylation is 1. The molecule has 0 radical (unpaired) electrons. The number of aromatic nitrogens is 4. The first-order valence-electron chi connectivity index (χ1n) is 10.1. The highest BCUT2D eigenvalue weighted by atomic mass is 15.3. The second-order valence-corrected chi connectivity index (χ2v) is 7.63. The van der Waals surface area contributed by atoms with Crippen LogP contribution < -0.4 is 11.1 Å². The maximum atomic E-state index is 6.07. The SMILES string of the molecule is Nc1cc([C@@H](CCNC2CCc3ccccc32)c2ccccc2)c2n[nH]nc2n1. The molecule has 0 amide bonds. The molecule has 0 spiro atoms. The molecule has 6 heteroatoms. The molecular weight excluding hydrogens is 360 g/mol. The lowest BCUT2D eigenvalue weighted by molar-refractivity contribution is 0.508. The highest BCUT2D eigenvalue weighted by molar-refractivity contribution is 5.77. The Balaban J connectivity index is 1.41. The van der Waals surface area contributed by atoms with Crippen molar-refractivity contribution in [2.75, 3.05) is 12.3 Å². The molecular formula is C23H24N6. The topological polar surface area (TPSA) is 92.5 Å². The number of nitrogens with zero attached hydrogens (tertiary/aromatic N) is 3. The van der Waals surface area contributed by atoms with Crippen LogP contribution in [0.2, 0.25) is 0 Å². The van der Waals surface area contributed by atoms with Gasteiger partial charge in [0.15, 0.2) is 0 Å². The van der Waals surface area contributed by atoms with E-state index in [0.717, 1.165) is 36.9 Å². The first-order valence-corrected chi connectivity index (χ1v) is 10.1. The van der Waals surface area contributed by atoms with Crippen molar-refractivity contribution in [1.29, 1.82) is 0 Å². The fourth-order valence-corrected chi connectivity index (χ4v) is 4.50. The minimum atomic E-state index is 0.165. The van der Waals surface area contributed by atoms with Gasteiger partial charge in [-0.15, -0.1) is 5.10 Å². The fraction of sp³-hybridized carbons (Fsp3) is 0.261. The van der Waals surface area contributed by atoms with Crippen molar-refractivity contribution < 1.29 is 0 Å². The number of nitrogen functional groups attached to an aromatic ring is 1. The summed E-state index contributed by atoms with van der Waals surface area (Å²) < 4.78 is 0. The largest absolute Gasteiger partial charge is 0.384 e. The van der Waals surface area contributed by atoms with E-state index in [9.17, 15) is 0 Å². The van der Waals surface area contributed by atoms with Gasteiger partial charge in [-0.3, -0.25) is 0 Å². The highest BCUT2D eigenvalue weighted by Gasteiger charge is 2.23. The third-order valence-corrected chi connectivity index (χ3v) is 5.88. The average molecular weight is 384 g/mol. The number of anilines is 1. The number of nitrogens with two attached hydrogens (primary N) is 1. The molecule has 0 fully saturated rings. The van der Waals surface area contributed by atoms with Crippen molar-refractivity contribution >= 4 is 17.0 Å². The predicted molar refractivity (Wildman–Crippen MR) is 115 cm³/mol. The molecule has 4 aromatic rings. The van der Waals surface area contributed by atoms with E-state index in [2.05, 4.69) is 74.2 Å². The minimum Gasteiger partial charge on any atom is -0.384 e. The van der Waals surface area contributed by atoms with Crippen molar-refractivity contribution in [2.45, 2.75) is 31.2 Å². The van der Waals surface area contributed by atoms with E-state index in [4.69, 9.17) is 5.73 Å². The van der Waals surface area contributed by atoms with E-state index in [-0.39, 0.29) is 5.92 Å². The van der Waals surface area contributed by atoms with Gasteiger partial charge in [0.25, 0.3) is 0 Å². The van der Waals surface area contributed by atoms with Gasteiger partial charge in [-0.1, -0.05) is 54.6 Å². The Morgan fingerprint density at radius 2 is 1.90 bits per heavy atom. The monoisotopic (exact) mass is 384 g/mol. The van der Waals surface area contributed by atoms with Gasteiger partial charge in [0.2, 0.25) is 5.65 Å². The van der Waals surface area contributed by atoms with Crippen LogP contribution in [0.3, 0.4) is 0 Å². The normalized spacial score (nSPS) is 16.8. The van der Waals surface area contributed by atoms with Crippen LogP contribution >= 0.6 is 0 Å². The summed E-state index contributed by atoms with van der Waals surface area (Å²) in [6.07, 6.45) is 3.25. The average Bonchev–Trinajstić information content (AvgIpc) is 3.38. The fourth-order valence-electron chi connectivity index (χ4n) is 4.50. The molecule has 2 heterocycles. The minimum absolute atomic E-state index is 0.165. The Kier molecular flexibility index (Phi) is 4.69. The Morgan fingerprint density at radius 1 is 1.07 bits per heavy atom. The number of benzene rings is 2. The lowest BCUT2D eigenvalue weighted by atomic mass is 9.88. The second kappa shape index (κ2) is 7.64. The van der Waals surface area contributed by atoms with Crippen molar-refractivity contribution in [2.24, 2.45) is 0 Å². The van der Waals surface area contributed by atoms with Gasteiger partial charge in [0, 0.05) is 12.0 Å². The zero-order valence-corrected chi connectivity index (χ0v) is 16.2. The van der Waals surface area contributed by atoms with Crippen molar-refractivity contribution in [3.63, 3.8) is 0 Å². The molecule has 2 atom stereocenters. The molecule has 0 saturated carbocycles. The van der Waals surface area contributed by atoms with E-state index in [0.29, 0.717) is 17.5 Å². The zero-order chi connectivity index (χ0) is 19.6. The second-order valence-electron chi connectivity index (χ2n) is 7.63. The first kappa shape index (κ1) is 17.8. The standard InChI is InChI=1S/C23H24N6/c24-21-14-19(22-23(26-21)28-29-27-22)17(15-6-2-1-3-7-15)12-13-25-20-11-10-16-8-4-5-9-18(16)20/h1-9,14,17,20,25H,10-13H2,(H3,24,26,27,28,29)/t17-,20?/m0/s1. The van der Waals surface area contributed by atoms with Gasteiger partial charge < -0.3 is 11.1 Å². The Labute approximate surface area is 169 Å². The molecule has 4 N–H and O–H groups in total. The van der Waals surface area contributed by atoms with E-state index in [1.807, 2.05) is 12.1 Å². The van der Waals surface area contributed by atoms with Crippen molar-refractivity contribution in [3.8, 4) is 0 Å². The number of rotatable bonds is 6. The number of nitrogens with one attached hydrogen (secondary N) is 2. The molecule has 5 rings (SSSR count). The van der Waals surface area contributed by atoms with Crippen LogP contribution in [-0.4, -0.2) is 26.9 Å². The zero-order valence-electron chi connectivity index (χ0n) is 16.2. The van der Waals surface area contributed by atoms with Gasteiger partial charge in [0.1, 0.15) is 11.3 Å². The summed E-state index contributed by atoms with van der Waals surface area (Å²) in [7, 11) is 0. The van der Waals surface area contributed by atoms with E-state index in [1.54, 1.807) is 0 Å². The van der Waals surface area contributed by atoms with Crippen LogP contribution in [0.1, 0.15) is 47.1 Å². The van der Waals surface area contributed by atoms with Gasteiger partial charge in [-0.2, -0.15) is 10.3 Å². The van der Waals surface area contributed by atoms with Crippen LogP contribution in [0.5, 0.6) is 0 Å². The summed E-state index contributed by atoms with van der Waals surface area (Å²) in [6, 6.07) is 21.6. The van der Waals surface area contributed by atoms with Crippen LogP contribution in [-0.2, 0) is 6.42 Å². The highest BCUT2D eigenvalue weighted by Crippen LogP contribution is 2.34. The van der Waals surface area contributed by atoms with Crippen molar-refractivity contribution in [3.05, 3.63) is 82.9 Å². The molecule has 2 aromatic carbocycles. The maximum Gasteiger partial charge on any atom is 0.203 e. The third kappa shape index (κ3) is 3.47. The number of pyridine rings is 1. The number of hydrogen-bond donors (Lipinski definition) is 3. The van der Waals surface area contributed by atoms with Crippen molar-refractivity contribution in [1.82, 2.24) is 25.7 Å². The number of hydrogen-bond acceptors (Lipinski definition) is 5.